The van der Waals surface area contributed by atoms with Crippen LogP contribution in [0.1, 0.15) is 16.2 Å². The molecule has 0 saturated heterocycles. The van der Waals surface area contributed by atoms with Crippen molar-refractivity contribution < 1.29 is 4.79 Å². The maximum atomic E-state index is 12.0. The number of anilines is 1. The highest BCUT2D eigenvalue weighted by atomic mass is 16.1. The first-order chi connectivity index (χ1) is 9.65. The highest BCUT2D eigenvalue weighted by Crippen LogP contribution is 2.19. The van der Waals surface area contributed by atoms with Gasteiger partial charge in [-0.05, 0) is 13.0 Å². The lowest BCUT2D eigenvalue weighted by Gasteiger charge is -2.04. The van der Waals surface area contributed by atoms with Gasteiger partial charge in [-0.1, -0.05) is 0 Å². The van der Waals surface area contributed by atoms with Gasteiger partial charge in [0.1, 0.15) is 5.69 Å². The zero-order chi connectivity index (χ0) is 14.1. The Morgan fingerprint density at radius 1 is 1.25 bits per heavy atom. The van der Waals surface area contributed by atoms with Crippen LogP contribution in [0.15, 0.2) is 30.9 Å². The van der Waals surface area contributed by atoms with Gasteiger partial charge in [-0.2, -0.15) is 5.10 Å². The van der Waals surface area contributed by atoms with Crippen molar-refractivity contribution in [3.05, 3.63) is 42.2 Å². The number of hydrogen-bond acceptors (Lipinski definition) is 5. The largest absolute Gasteiger partial charge is 0.319 e. The van der Waals surface area contributed by atoms with Crippen LogP contribution in [-0.2, 0) is 7.05 Å². The number of rotatable bonds is 2. The molecule has 3 rings (SSSR count). The smallest absolute Gasteiger partial charge is 0.275 e. The zero-order valence-electron chi connectivity index (χ0n) is 11.0. The summed E-state index contributed by atoms with van der Waals surface area (Å²) in [6, 6.07) is 1.85. The minimum absolute atomic E-state index is 0.260. The van der Waals surface area contributed by atoms with Crippen molar-refractivity contribution in [1.29, 1.82) is 0 Å². The van der Waals surface area contributed by atoms with Gasteiger partial charge in [-0.3, -0.25) is 14.5 Å². The van der Waals surface area contributed by atoms with Crippen molar-refractivity contribution in [2.45, 2.75) is 6.92 Å². The summed E-state index contributed by atoms with van der Waals surface area (Å²) in [4.78, 5) is 24.1. The summed E-state index contributed by atoms with van der Waals surface area (Å²) < 4.78 is 1.71. The van der Waals surface area contributed by atoms with Crippen LogP contribution in [0.4, 0.5) is 5.69 Å². The highest BCUT2D eigenvalue weighted by molar-refractivity contribution is 6.03. The molecule has 0 saturated carbocycles. The maximum Gasteiger partial charge on any atom is 0.275 e. The number of amides is 1. The Balaban J connectivity index is 1.92. The van der Waals surface area contributed by atoms with E-state index >= 15 is 0 Å². The monoisotopic (exact) mass is 268 g/mol. The fourth-order valence-electron chi connectivity index (χ4n) is 1.99. The lowest BCUT2D eigenvalue weighted by atomic mass is 10.2. The van der Waals surface area contributed by atoms with Gasteiger partial charge in [-0.25, -0.2) is 9.97 Å². The van der Waals surface area contributed by atoms with E-state index in [1.54, 1.807) is 10.9 Å². The van der Waals surface area contributed by atoms with Crippen molar-refractivity contribution in [3.63, 3.8) is 0 Å². The molecule has 3 heterocycles. The third-order valence-corrected chi connectivity index (χ3v) is 2.92. The van der Waals surface area contributed by atoms with E-state index in [0.29, 0.717) is 5.69 Å². The first-order valence-corrected chi connectivity index (χ1v) is 6.02. The molecule has 3 aromatic rings. The van der Waals surface area contributed by atoms with E-state index < -0.39 is 0 Å². The molecule has 1 N–H and O–H groups in total. The summed E-state index contributed by atoms with van der Waals surface area (Å²) in [6.45, 7) is 1.90. The van der Waals surface area contributed by atoms with Crippen LogP contribution in [0.25, 0.3) is 11.0 Å². The summed E-state index contributed by atoms with van der Waals surface area (Å²) >= 11 is 0. The van der Waals surface area contributed by atoms with Crippen molar-refractivity contribution in [2.75, 3.05) is 5.32 Å². The number of fused-ring (bicyclic) bond motifs is 1. The number of carbonyl (C=O) groups is 1. The molecule has 0 radical (unpaired) electrons. The number of pyridine rings is 1. The van der Waals surface area contributed by atoms with Crippen LogP contribution in [0.5, 0.6) is 0 Å². The van der Waals surface area contributed by atoms with Crippen LogP contribution < -0.4 is 5.32 Å². The van der Waals surface area contributed by atoms with Gasteiger partial charge in [0, 0.05) is 24.8 Å². The number of carbonyl (C=O) groups excluding carboxylic acids is 1. The van der Waals surface area contributed by atoms with Crippen molar-refractivity contribution in [3.8, 4) is 0 Å². The summed E-state index contributed by atoms with van der Waals surface area (Å²) in [6.07, 6.45) is 6.00. The average molecular weight is 268 g/mol. The molecule has 3 aromatic heterocycles. The minimum atomic E-state index is -0.319. The van der Waals surface area contributed by atoms with Gasteiger partial charge < -0.3 is 5.32 Å². The second kappa shape index (κ2) is 4.69. The van der Waals surface area contributed by atoms with Gasteiger partial charge in [0.2, 0.25) is 0 Å². The lowest BCUT2D eigenvalue weighted by Crippen LogP contribution is -2.13. The Hall–Kier alpha value is -2.83. The number of nitrogens with one attached hydrogen (secondary N) is 1. The van der Waals surface area contributed by atoms with Crippen LogP contribution in [-0.4, -0.2) is 30.6 Å². The second-order valence-corrected chi connectivity index (χ2v) is 4.35. The van der Waals surface area contributed by atoms with E-state index in [-0.39, 0.29) is 11.6 Å². The van der Waals surface area contributed by atoms with Gasteiger partial charge >= 0.3 is 0 Å². The van der Waals surface area contributed by atoms with Crippen molar-refractivity contribution in [2.24, 2.45) is 7.05 Å². The molecule has 100 valence electrons. The number of nitrogens with zero attached hydrogens (tertiary/aromatic N) is 5. The Morgan fingerprint density at radius 3 is 2.85 bits per heavy atom. The van der Waals surface area contributed by atoms with Gasteiger partial charge in [-0.15, -0.1) is 0 Å². The van der Waals surface area contributed by atoms with Crippen LogP contribution in [0, 0.1) is 6.92 Å². The average Bonchev–Trinajstić information content (AvgIpc) is 2.75. The zero-order valence-corrected chi connectivity index (χ0v) is 11.0. The van der Waals surface area contributed by atoms with Gasteiger partial charge in [0.05, 0.1) is 23.8 Å². The van der Waals surface area contributed by atoms with Crippen molar-refractivity contribution >= 4 is 22.6 Å². The van der Waals surface area contributed by atoms with E-state index in [0.717, 1.165) is 16.7 Å². The Morgan fingerprint density at radius 2 is 2.10 bits per heavy atom. The molecule has 0 aliphatic rings. The first-order valence-electron chi connectivity index (χ1n) is 6.02. The Kier molecular flexibility index (Phi) is 2.86. The van der Waals surface area contributed by atoms with Gasteiger partial charge in [0.15, 0.2) is 5.65 Å². The normalized spacial score (nSPS) is 10.7. The molecule has 0 atom stereocenters. The fourth-order valence-corrected chi connectivity index (χ4v) is 1.99. The molecular formula is C13H12N6O. The SMILES string of the molecule is Cc1nn(C)c2ncc(NC(=O)c3cnccn3)cc12. The minimum Gasteiger partial charge on any atom is -0.319 e. The molecule has 1 amide bonds. The summed E-state index contributed by atoms with van der Waals surface area (Å²) in [7, 11) is 1.83. The molecule has 0 spiro atoms. The molecule has 0 unspecified atom stereocenters. The summed E-state index contributed by atoms with van der Waals surface area (Å²) in [5.41, 5.74) is 2.50. The molecular weight excluding hydrogens is 256 g/mol. The van der Waals surface area contributed by atoms with Crippen molar-refractivity contribution in [1.82, 2.24) is 24.7 Å². The molecule has 0 aliphatic heterocycles. The lowest BCUT2D eigenvalue weighted by molar-refractivity contribution is 0.102. The van der Waals surface area contributed by atoms with E-state index in [9.17, 15) is 4.79 Å². The third-order valence-electron chi connectivity index (χ3n) is 2.92. The first kappa shape index (κ1) is 12.2. The molecule has 0 bridgehead atoms. The Labute approximate surface area is 114 Å². The van der Waals surface area contributed by atoms with E-state index in [2.05, 4.69) is 25.4 Å². The topological polar surface area (TPSA) is 85.6 Å². The third kappa shape index (κ3) is 2.09. The second-order valence-electron chi connectivity index (χ2n) is 4.35. The van der Waals surface area contributed by atoms with Crippen LogP contribution in [0.3, 0.4) is 0 Å². The predicted octanol–water partition coefficient (Wildman–Crippen LogP) is 1.32. The highest BCUT2D eigenvalue weighted by Gasteiger charge is 2.10. The molecule has 20 heavy (non-hydrogen) atoms. The quantitative estimate of drug-likeness (QED) is 0.757. The molecule has 0 aromatic carbocycles. The standard InChI is InChI=1S/C13H12N6O/c1-8-10-5-9(6-16-12(10)19(2)18-8)17-13(20)11-7-14-3-4-15-11/h3-7H,1-2H3,(H,17,20). The summed E-state index contributed by atoms with van der Waals surface area (Å²) in [5.74, 6) is -0.319. The summed E-state index contributed by atoms with van der Waals surface area (Å²) in [5, 5.41) is 7.94. The number of hydrogen-bond donors (Lipinski definition) is 1. The Bertz CT molecular complexity index is 780. The van der Waals surface area contributed by atoms with Crippen LogP contribution in [0.2, 0.25) is 0 Å². The van der Waals surface area contributed by atoms with Crippen LogP contribution >= 0.6 is 0 Å². The molecule has 7 heteroatoms. The number of aromatic nitrogens is 5. The molecule has 0 fully saturated rings. The predicted molar refractivity (Wildman–Crippen MR) is 73.2 cm³/mol. The number of aryl methyl sites for hydroxylation is 2. The van der Waals surface area contributed by atoms with E-state index in [1.165, 1.54) is 18.6 Å². The van der Waals surface area contributed by atoms with Gasteiger partial charge in [0.25, 0.3) is 5.91 Å². The van der Waals surface area contributed by atoms with E-state index in [1.807, 2.05) is 20.0 Å². The molecule has 7 nitrogen and oxygen atoms in total. The maximum absolute atomic E-state index is 12.0. The van der Waals surface area contributed by atoms with E-state index in [4.69, 9.17) is 0 Å². The molecule has 0 aliphatic carbocycles. The fraction of sp³-hybridized carbons (Fsp3) is 0.154.